The predicted molar refractivity (Wildman–Crippen MR) is 104 cm³/mol. The number of nitrogens with zero attached hydrogens (tertiary/aromatic N) is 1. The molecular weight excluding hydrogens is 376 g/mol. The molecule has 1 aliphatic heterocycles. The normalized spacial score (nSPS) is 16.3. The summed E-state index contributed by atoms with van der Waals surface area (Å²) in [4.78, 5) is 33.9. The quantitative estimate of drug-likeness (QED) is 0.220. The molecule has 0 unspecified atom stereocenters. The average molecular weight is 399 g/mol. The zero-order chi connectivity index (χ0) is 18.9. The summed E-state index contributed by atoms with van der Waals surface area (Å²) in [6.45, 7) is 1.34. The van der Waals surface area contributed by atoms with Crippen LogP contribution in [0.25, 0.3) is 0 Å². The zero-order valence-corrected chi connectivity index (χ0v) is 16.2. The second-order valence-corrected chi connectivity index (χ2v) is 8.83. The van der Waals surface area contributed by atoms with E-state index in [-0.39, 0.29) is 5.69 Å². The number of amides is 1. The molecule has 0 spiro atoms. The summed E-state index contributed by atoms with van der Waals surface area (Å²) < 4.78 is 4.97. The van der Waals surface area contributed by atoms with Gasteiger partial charge in [-0.25, -0.2) is 0 Å². The summed E-state index contributed by atoms with van der Waals surface area (Å²) >= 11 is 0. The third-order valence-corrected chi connectivity index (χ3v) is 6.96. The van der Waals surface area contributed by atoms with E-state index in [0.29, 0.717) is 22.9 Å². The number of anilines is 1. The van der Waals surface area contributed by atoms with Crippen LogP contribution in [0, 0.1) is 17.0 Å². The molecule has 2 rings (SSSR count). The van der Waals surface area contributed by atoms with Crippen LogP contribution in [0.4, 0.5) is 11.4 Å². The number of esters is 1. The number of hydrogen-bond donors (Lipinski definition) is 1. The lowest BCUT2D eigenvalue weighted by atomic mass is 10.1. The van der Waals surface area contributed by atoms with Crippen molar-refractivity contribution in [2.75, 3.05) is 17.7 Å². The first-order chi connectivity index (χ1) is 12.5. The third kappa shape index (κ3) is 6.87. The van der Waals surface area contributed by atoms with Crippen LogP contribution in [-0.2, 0) is 14.3 Å². The Balaban J connectivity index is 1.67. The monoisotopic (exact) mass is 398 g/mol. The molecule has 0 radical (unpaired) electrons. The van der Waals surface area contributed by atoms with Crippen LogP contribution in [0.1, 0.15) is 37.7 Å². The highest BCUT2D eigenvalue weighted by molar-refractivity contribution is 8.77. The first-order valence-electron chi connectivity index (χ1n) is 8.44. The number of ether oxygens (including phenoxy) is 1. The Morgan fingerprint density at radius 1 is 1.38 bits per heavy atom. The van der Waals surface area contributed by atoms with Gasteiger partial charge in [-0.1, -0.05) is 34.1 Å². The number of carbonyl (C=O) groups is 2. The van der Waals surface area contributed by atoms with Gasteiger partial charge < -0.3 is 10.1 Å². The van der Waals surface area contributed by atoms with Gasteiger partial charge in [-0.05, 0) is 31.7 Å². The molecule has 0 aromatic heterocycles. The maximum atomic E-state index is 11.9. The highest BCUT2D eigenvalue weighted by Gasteiger charge is 2.16. The zero-order valence-electron chi connectivity index (χ0n) is 14.6. The minimum Gasteiger partial charge on any atom is -0.456 e. The van der Waals surface area contributed by atoms with E-state index in [1.807, 2.05) is 21.6 Å². The topological polar surface area (TPSA) is 98.5 Å². The van der Waals surface area contributed by atoms with Gasteiger partial charge in [0.05, 0.1) is 10.6 Å². The number of benzene rings is 1. The summed E-state index contributed by atoms with van der Waals surface area (Å²) in [5, 5.41) is 14.0. The molecule has 142 valence electrons. The van der Waals surface area contributed by atoms with Crippen LogP contribution in [0.15, 0.2) is 18.2 Å². The van der Waals surface area contributed by atoms with Crippen molar-refractivity contribution in [3.05, 3.63) is 33.9 Å². The van der Waals surface area contributed by atoms with Crippen LogP contribution in [0.3, 0.4) is 0 Å². The van der Waals surface area contributed by atoms with Gasteiger partial charge in [0.1, 0.15) is 0 Å². The van der Waals surface area contributed by atoms with Crippen molar-refractivity contribution < 1.29 is 19.2 Å². The summed E-state index contributed by atoms with van der Waals surface area (Å²) in [6, 6.07) is 4.21. The fourth-order valence-electron chi connectivity index (χ4n) is 2.47. The molecule has 1 aromatic carbocycles. The molecule has 1 atom stereocenters. The number of nitro groups is 1. The lowest BCUT2D eigenvalue weighted by Gasteiger charge is -2.09. The van der Waals surface area contributed by atoms with Crippen molar-refractivity contribution in [3.63, 3.8) is 0 Å². The predicted octanol–water partition coefficient (Wildman–Crippen LogP) is 4.10. The van der Waals surface area contributed by atoms with Gasteiger partial charge >= 0.3 is 5.97 Å². The Kier molecular flexibility index (Phi) is 8.24. The SMILES string of the molecule is Cc1ccc([N+](=O)[O-])cc1NC(=O)COC(=O)CCCC[C@H]1CCSS1. The van der Waals surface area contributed by atoms with E-state index in [9.17, 15) is 19.7 Å². The van der Waals surface area contributed by atoms with Gasteiger partial charge in [-0.15, -0.1) is 0 Å². The van der Waals surface area contributed by atoms with Crippen molar-refractivity contribution in [1.82, 2.24) is 0 Å². The van der Waals surface area contributed by atoms with E-state index in [0.717, 1.165) is 19.3 Å². The van der Waals surface area contributed by atoms with Crippen molar-refractivity contribution in [2.24, 2.45) is 0 Å². The number of carbonyl (C=O) groups excluding carboxylic acids is 2. The molecule has 1 aromatic rings. The maximum absolute atomic E-state index is 11.9. The fraction of sp³-hybridized carbons (Fsp3) is 0.529. The van der Waals surface area contributed by atoms with Crippen molar-refractivity contribution in [1.29, 1.82) is 0 Å². The highest BCUT2D eigenvalue weighted by atomic mass is 33.1. The number of non-ortho nitro benzene ring substituents is 1. The summed E-state index contributed by atoms with van der Waals surface area (Å²) in [6.07, 6.45) is 4.38. The lowest BCUT2D eigenvalue weighted by molar-refractivity contribution is -0.384. The number of nitrogens with one attached hydrogen (secondary N) is 1. The summed E-state index contributed by atoms with van der Waals surface area (Å²) in [5.41, 5.74) is 0.923. The minimum atomic E-state index is -0.530. The van der Waals surface area contributed by atoms with Crippen molar-refractivity contribution in [3.8, 4) is 0 Å². The Hall–Kier alpha value is -1.74. The number of nitro benzene ring substituents is 1. The molecule has 1 fully saturated rings. The molecule has 7 nitrogen and oxygen atoms in total. The largest absolute Gasteiger partial charge is 0.456 e. The molecule has 26 heavy (non-hydrogen) atoms. The van der Waals surface area contributed by atoms with Crippen LogP contribution in [-0.4, -0.2) is 34.4 Å². The number of unbranched alkanes of at least 4 members (excludes halogenated alkanes) is 1. The Labute approximate surface area is 160 Å². The standard InChI is InChI=1S/C17H22N2O5S2/c1-12-6-7-13(19(22)23)10-15(12)18-16(20)11-24-17(21)5-3-2-4-14-8-9-25-26-14/h6-7,10,14H,2-5,8-9,11H2,1H3,(H,18,20)/t14-/m0/s1. The molecule has 1 amide bonds. The molecule has 1 N–H and O–H groups in total. The molecule has 9 heteroatoms. The van der Waals surface area contributed by atoms with Crippen molar-refractivity contribution >= 4 is 44.8 Å². The minimum absolute atomic E-state index is 0.110. The Bertz CT molecular complexity index is 663. The van der Waals surface area contributed by atoms with Crippen LogP contribution in [0.2, 0.25) is 0 Å². The molecule has 0 saturated carbocycles. The Morgan fingerprint density at radius 3 is 2.88 bits per heavy atom. The van der Waals surface area contributed by atoms with Gasteiger partial charge in [0.15, 0.2) is 6.61 Å². The second kappa shape index (κ2) is 10.4. The highest BCUT2D eigenvalue weighted by Crippen LogP contribution is 2.39. The van der Waals surface area contributed by atoms with Gasteiger partial charge in [0.2, 0.25) is 0 Å². The second-order valence-electron chi connectivity index (χ2n) is 6.04. The number of aryl methyl sites for hydroxylation is 1. The molecular formula is C17H22N2O5S2. The van der Waals surface area contributed by atoms with Crippen molar-refractivity contribution in [2.45, 2.75) is 44.3 Å². The van der Waals surface area contributed by atoms with E-state index in [2.05, 4.69) is 5.32 Å². The first kappa shape index (κ1) is 20.6. The molecule has 0 aliphatic carbocycles. The molecule has 0 bridgehead atoms. The lowest BCUT2D eigenvalue weighted by Crippen LogP contribution is -2.21. The van der Waals surface area contributed by atoms with E-state index in [1.54, 1.807) is 13.0 Å². The van der Waals surface area contributed by atoms with Gasteiger partial charge in [-0.3, -0.25) is 19.7 Å². The van der Waals surface area contributed by atoms with E-state index in [1.165, 1.54) is 24.3 Å². The van der Waals surface area contributed by atoms with Crippen LogP contribution < -0.4 is 5.32 Å². The Morgan fingerprint density at radius 2 is 2.19 bits per heavy atom. The maximum Gasteiger partial charge on any atom is 0.306 e. The van der Waals surface area contributed by atoms with E-state index in [4.69, 9.17) is 4.74 Å². The van der Waals surface area contributed by atoms with Gasteiger partial charge in [0, 0.05) is 29.6 Å². The molecule has 1 heterocycles. The molecule has 1 saturated heterocycles. The molecule has 1 aliphatic rings. The van der Waals surface area contributed by atoms with E-state index >= 15 is 0 Å². The third-order valence-electron chi connectivity index (χ3n) is 3.95. The van der Waals surface area contributed by atoms with Crippen LogP contribution >= 0.6 is 21.6 Å². The van der Waals surface area contributed by atoms with Gasteiger partial charge in [0.25, 0.3) is 11.6 Å². The fourth-order valence-corrected chi connectivity index (χ4v) is 5.50. The average Bonchev–Trinajstić information content (AvgIpc) is 3.12. The van der Waals surface area contributed by atoms with Gasteiger partial charge in [-0.2, -0.15) is 0 Å². The smallest absolute Gasteiger partial charge is 0.306 e. The summed E-state index contributed by atoms with van der Waals surface area (Å²) in [7, 11) is 3.83. The van der Waals surface area contributed by atoms with E-state index < -0.39 is 23.4 Å². The summed E-state index contributed by atoms with van der Waals surface area (Å²) in [5.74, 6) is 0.293. The van der Waals surface area contributed by atoms with Crippen LogP contribution in [0.5, 0.6) is 0 Å². The number of hydrogen-bond acceptors (Lipinski definition) is 7. The number of rotatable bonds is 9. The first-order valence-corrected chi connectivity index (χ1v) is 10.8.